The molecule has 1 aliphatic rings. The van der Waals surface area contributed by atoms with E-state index < -0.39 is 0 Å². The number of carbonyl (C=O) groups excluding carboxylic acids is 1. The molecule has 4 heteroatoms. The first-order chi connectivity index (χ1) is 7.99. The average molecular weight is 244 g/mol. The van der Waals surface area contributed by atoms with Crippen LogP contribution in [0.1, 0.15) is 46.5 Å². The Labute approximate surface area is 105 Å². The van der Waals surface area contributed by atoms with Gasteiger partial charge in [-0.1, -0.05) is 6.42 Å². The summed E-state index contributed by atoms with van der Waals surface area (Å²) < 4.78 is 4.55. The number of nitrogens with zero attached hydrogens (tertiary/aromatic N) is 1. The minimum atomic E-state index is -0.318. The van der Waals surface area contributed by atoms with Crippen LogP contribution in [-0.4, -0.2) is 43.2 Å². The predicted octanol–water partition coefficient (Wildman–Crippen LogP) is 1.78. The van der Waals surface area contributed by atoms with Crippen LogP contribution in [0.15, 0.2) is 0 Å². The Kier molecular flexibility index (Phi) is 9.09. The van der Waals surface area contributed by atoms with Crippen molar-refractivity contribution in [2.24, 2.45) is 5.73 Å². The Morgan fingerprint density at radius 2 is 1.82 bits per heavy atom. The van der Waals surface area contributed by atoms with Crippen molar-refractivity contribution in [1.29, 1.82) is 0 Å². The van der Waals surface area contributed by atoms with Gasteiger partial charge in [-0.05, 0) is 66.2 Å². The third-order valence-electron chi connectivity index (χ3n) is 2.53. The summed E-state index contributed by atoms with van der Waals surface area (Å²) in [4.78, 5) is 12.1. The van der Waals surface area contributed by atoms with Crippen molar-refractivity contribution in [2.45, 2.75) is 52.1 Å². The molecule has 1 aliphatic heterocycles. The van der Waals surface area contributed by atoms with Crippen molar-refractivity contribution in [3.8, 4) is 0 Å². The second-order valence-electron chi connectivity index (χ2n) is 5.37. The molecule has 4 nitrogen and oxygen atoms in total. The predicted molar refractivity (Wildman–Crippen MR) is 70.9 cm³/mol. The number of piperidine rings is 1. The monoisotopic (exact) mass is 244 g/mol. The normalized spacial score (nSPS) is 16.9. The molecule has 0 unspecified atom stereocenters. The highest BCUT2D eigenvalue weighted by Gasteiger charge is 2.08. The summed E-state index contributed by atoms with van der Waals surface area (Å²) >= 11 is 0. The third kappa shape index (κ3) is 11.6. The van der Waals surface area contributed by atoms with E-state index in [0.29, 0.717) is 6.47 Å². The zero-order chi connectivity index (χ0) is 13.1. The maximum Gasteiger partial charge on any atom is 0.293 e. The van der Waals surface area contributed by atoms with Gasteiger partial charge in [0.15, 0.2) is 0 Å². The minimum Gasteiger partial charge on any atom is -0.462 e. The third-order valence-corrected chi connectivity index (χ3v) is 2.53. The quantitative estimate of drug-likeness (QED) is 0.766. The molecule has 1 rings (SSSR count). The molecule has 0 bridgehead atoms. The lowest BCUT2D eigenvalue weighted by Gasteiger charge is -2.25. The summed E-state index contributed by atoms with van der Waals surface area (Å²) in [5.41, 5.74) is 5.10. The van der Waals surface area contributed by atoms with E-state index in [9.17, 15) is 4.79 Å². The van der Waals surface area contributed by atoms with E-state index in [1.807, 2.05) is 20.8 Å². The number of likely N-dealkylation sites (tertiary alicyclic amines) is 1. The van der Waals surface area contributed by atoms with Crippen LogP contribution in [0.4, 0.5) is 0 Å². The number of carbonyl (C=O) groups is 1. The van der Waals surface area contributed by atoms with Crippen molar-refractivity contribution in [1.82, 2.24) is 4.90 Å². The van der Waals surface area contributed by atoms with Gasteiger partial charge >= 0.3 is 0 Å². The first-order valence-electron chi connectivity index (χ1n) is 6.53. The lowest BCUT2D eigenvalue weighted by Crippen LogP contribution is -2.31. The van der Waals surface area contributed by atoms with Gasteiger partial charge in [-0.15, -0.1) is 0 Å². The Bertz CT molecular complexity index is 184. The van der Waals surface area contributed by atoms with Gasteiger partial charge in [0.1, 0.15) is 5.60 Å². The molecule has 102 valence electrons. The van der Waals surface area contributed by atoms with E-state index in [1.165, 1.54) is 45.3 Å². The van der Waals surface area contributed by atoms with E-state index in [0.717, 1.165) is 6.54 Å². The number of hydrogen-bond donors (Lipinski definition) is 1. The SMILES string of the molecule is CC(C)(C)OC=O.NCCCN1CCCCC1. The largest absolute Gasteiger partial charge is 0.462 e. The van der Waals surface area contributed by atoms with E-state index >= 15 is 0 Å². The maximum atomic E-state index is 9.60. The molecule has 0 atom stereocenters. The Hall–Kier alpha value is -0.610. The number of rotatable bonds is 4. The van der Waals surface area contributed by atoms with Gasteiger partial charge in [-0.25, -0.2) is 0 Å². The van der Waals surface area contributed by atoms with Crippen LogP contribution in [0.2, 0.25) is 0 Å². The molecule has 0 spiro atoms. The van der Waals surface area contributed by atoms with E-state index in [1.54, 1.807) is 0 Å². The zero-order valence-corrected chi connectivity index (χ0v) is 11.6. The molecule has 2 N–H and O–H groups in total. The van der Waals surface area contributed by atoms with Crippen molar-refractivity contribution in [3.63, 3.8) is 0 Å². The fourth-order valence-corrected chi connectivity index (χ4v) is 1.64. The standard InChI is InChI=1S/C8H18N2.C5H10O2/c9-5-4-8-10-6-2-1-3-7-10;1-5(2,3)7-4-6/h1-9H2;4H,1-3H3. The summed E-state index contributed by atoms with van der Waals surface area (Å²) in [7, 11) is 0. The number of nitrogens with two attached hydrogens (primary N) is 1. The fourth-order valence-electron chi connectivity index (χ4n) is 1.64. The highest BCUT2D eigenvalue weighted by molar-refractivity contribution is 5.37. The molecule has 0 aromatic rings. The highest BCUT2D eigenvalue weighted by Crippen LogP contribution is 2.08. The summed E-state index contributed by atoms with van der Waals surface area (Å²) in [6.45, 7) is 10.6. The fraction of sp³-hybridized carbons (Fsp3) is 0.923. The molecule has 0 aliphatic carbocycles. The molecule has 0 amide bonds. The summed E-state index contributed by atoms with van der Waals surface area (Å²) in [6.07, 6.45) is 5.38. The molecule has 0 saturated carbocycles. The highest BCUT2D eigenvalue weighted by atomic mass is 16.5. The number of hydrogen-bond acceptors (Lipinski definition) is 4. The van der Waals surface area contributed by atoms with Crippen LogP contribution in [0.5, 0.6) is 0 Å². The Morgan fingerprint density at radius 3 is 2.18 bits per heavy atom. The molecular formula is C13H28N2O2. The molecular weight excluding hydrogens is 216 g/mol. The average Bonchev–Trinajstić information content (AvgIpc) is 2.27. The lowest BCUT2D eigenvalue weighted by molar-refractivity contribution is -0.138. The topological polar surface area (TPSA) is 55.6 Å². The van der Waals surface area contributed by atoms with Crippen molar-refractivity contribution < 1.29 is 9.53 Å². The molecule has 17 heavy (non-hydrogen) atoms. The minimum absolute atomic E-state index is 0.318. The van der Waals surface area contributed by atoms with E-state index in [4.69, 9.17) is 5.73 Å². The molecule has 1 saturated heterocycles. The van der Waals surface area contributed by atoms with E-state index in [2.05, 4.69) is 9.64 Å². The Morgan fingerprint density at radius 1 is 1.24 bits per heavy atom. The Balaban J connectivity index is 0.000000325. The van der Waals surface area contributed by atoms with Gasteiger partial charge in [0.05, 0.1) is 0 Å². The van der Waals surface area contributed by atoms with Crippen molar-refractivity contribution in [2.75, 3.05) is 26.2 Å². The summed E-state index contributed by atoms with van der Waals surface area (Å²) in [5.74, 6) is 0. The smallest absolute Gasteiger partial charge is 0.293 e. The van der Waals surface area contributed by atoms with Crippen LogP contribution in [0.25, 0.3) is 0 Å². The molecule has 0 aromatic heterocycles. The zero-order valence-electron chi connectivity index (χ0n) is 11.6. The van der Waals surface area contributed by atoms with E-state index in [-0.39, 0.29) is 5.60 Å². The van der Waals surface area contributed by atoms with Gasteiger partial charge in [-0.2, -0.15) is 0 Å². The summed E-state index contributed by atoms with van der Waals surface area (Å²) in [5, 5.41) is 0. The van der Waals surface area contributed by atoms with Crippen molar-refractivity contribution in [3.05, 3.63) is 0 Å². The van der Waals surface area contributed by atoms with Crippen LogP contribution in [0.3, 0.4) is 0 Å². The first-order valence-corrected chi connectivity index (χ1v) is 6.53. The van der Waals surface area contributed by atoms with Gasteiger partial charge < -0.3 is 15.4 Å². The second-order valence-corrected chi connectivity index (χ2v) is 5.37. The van der Waals surface area contributed by atoms with Crippen LogP contribution in [-0.2, 0) is 9.53 Å². The maximum absolute atomic E-state index is 9.60. The lowest BCUT2D eigenvalue weighted by atomic mass is 10.1. The van der Waals surface area contributed by atoms with Gasteiger partial charge in [0.25, 0.3) is 6.47 Å². The number of ether oxygens (including phenoxy) is 1. The molecule has 0 aromatic carbocycles. The van der Waals surface area contributed by atoms with Crippen molar-refractivity contribution >= 4 is 6.47 Å². The van der Waals surface area contributed by atoms with Gasteiger partial charge in [0.2, 0.25) is 0 Å². The first kappa shape index (κ1) is 16.4. The molecule has 0 radical (unpaired) electrons. The van der Waals surface area contributed by atoms with Crippen LogP contribution >= 0.6 is 0 Å². The van der Waals surface area contributed by atoms with Crippen LogP contribution < -0.4 is 5.73 Å². The van der Waals surface area contributed by atoms with Gasteiger partial charge in [-0.3, -0.25) is 4.79 Å². The molecule has 1 fully saturated rings. The molecule has 1 heterocycles. The van der Waals surface area contributed by atoms with Gasteiger partial charge in [0, 0.05) is 0 Å². The summed E-state index contributed by atoms with van der Waals surface area (Å²) in [6, 6.07) is 0. The second kappa shape index (κ2) is 9.42. The van der Waals surface area contributed by atoms with Crippen LogP contribution in [0, 0.1) is 0 Å².